The number of rotatable bonds is 5. The largest absolute Gasteiger partial charge is 0.322 e. The van der Waals surface area contributed by atoms with Gasteiger partial charge in [0.05, 0.1) is 9.82 Å². The Morgan fingerprint density at radius 3 is 2.63 bits per heavy atom. The molecule has 1 heterocycles. The zero-order chi connectivity index (χ0) is 19.4. The smallest absolute Gasteiger partial charge is 0.270 e. The lowest BCUT2D eigenvalue weighted by atomic mass is 10.2. The zero-order valence-corrected chi connectivity index (χ0v) is 14.9. The molecule has 3 rings (SSSR count). The van der Waals surface area contributed by atoms with Gasteiger partial charge in [-0.15, -0.1) is 0 Å². The van der Waals surface area contributed by atoms with Gasteiger partial charge in [0.25, 0.3) is 21.6 Å². The second-order valence-corrected chi connectivity index (χ2v) is 7.51. The highest BCUT2D eigenvalue weighted by molar-refractivity contribution is 7.90. The van der Waals surface area contributed by atoms with Gasteiger partial charge in [-0.25, -0.2) is 8.42 Å². The van der Waals surface area contributed by atoms with Crippen LogP contribution in [-0.4, -0.2) is 31.6 Å². The average Bonchev–Trinajstić information content (AvgIpc) is 3.14. The van der Waals surface area contributed by atoms with Crippen LogP contribution >= 0.6 is 0 Å². The summed E-state index contributed by atoms with van der Waals surface area (Å²) in [5.41, 5.74) is 0.138. The molecule has 0 spiro atoms. The number of nitro benzene ring substituents is 1. The molecule has 2 aromatic carbocycles. The fourth-order valence-corrected chi connectivity index (χ4v) is 3.68. The van der Waals surface area contributed by atoms with E-state index in [0.29, 0.717) is 18.8 Å². The molecule has 0 saturated carbocycles. The van der Waals surface area contributed by atoms with Crippen molar-refractivity contribution in [3.8, 4) is 0 Å². The number of nitrogens with zero attached hydrogens (tertiary/aromatic N) is 2. The van der Waals surface area contributed by atoms with E-state index in [2.05, 4.69) is 15.0 Å². The van der Waals surface area contributed by atoms with Crippen LogP contribution in [0.2, 0.25) is 0 Å². The van der Waals surface area contributed by atoms with Gasteiger partial charge in [-0.1, -0.05) is 12.1 Å². The molecule has 0 atom stereocenters. The van der Waals surface area contributed by atoms with Gasteiger partial charge >= 0.3 is 0 Å². The Hall–Kier alpha value is -3.27. The molecule has 0 bridgehead atoms. The number of anilines is 1. The normalized spacial score (nSPS) is 13.7. The Balaban J connectivity index is 1.78. The third-order valence-electron chi connectivity index (χ3n) is 3.85. The van der Waals surface area contributed by atoms with Crippen LogP contribution in [0.15, 0.2) is 58.4 Å². The molecule has 2 N–H and O–H groups in total. The van der Waals surface area contributed by atoms with Crippen molar-refractivity contribution >= 4 is 33.1 Å². The van der Waals surface area contributed by atoms with Gasteiger partial charge in [0, 0.05) is 36.3 Å². The highest BCUT2D eigenvalue weighted by Gasteiger charge is 2.19. The summed E-state index contributed by atoms with van der Waals surface area (Å²) in [5, 5.41) is 13.4. The van der Waals surface area contributed by atoms with Gasteiger partial charge in [-0.05, 0) is 30.7 Å². The van der Waals surface area contributed by atoms with E-state index in [1.54, 1.807) is 0 Å². The van der Waals surface area contributed by atoms with Crippen LogP contribution in [0, 0.1) is 10.1 Å². The number of nitrogens with one attached hydrogen (secondary N) is 2. The van der Waals surface area contributed by atoms with Gasteiger partial charge in [0.15, 0.2) is 0 Å². The van der Waals surface area contributed by atoms with Crippen LogP contribution in [0.3, 0.4) is 0 Å². The Morgan fingerprint density at radius 1 is 1.15 bits per heavy atom. The summed E-state index contributed by atoms with van der Waals surface area (Å²) in [4.78, 5) is 26.6. The highest BCUT2D eigenvalue weighted by atomic mass is 32.2. The molecule has 140 valence electrons. The lowest BCUT2D eigenvalue weighted by molar-refractivity contribution is -0.384. The Morgan fingerprint density at radius 2 is 1.93 bits per heavy atom. The van der Waals surface area contributed by atoms with Crippen molar-refractivity contribution in [2.24, 2.45) is 4.99 Å². The van der Waals surface area contributed by atoms with Crippen molar-refractivity contribution < 1.29 is 18.1 Å². The number of amides is 1. The van der Waals surface area contributed by atoms with Crippen molar-refractivity contribution in [2.45, 2.75) is 17.7 Å². The topological polar surface area (TPSA) is 131 Å². The lowest BCUT2D eigenvalue weighted by Crippen LogP contribution is -2.29. The first-order valence-electron chi connectivity index (χ1n) is 8.07. The van der Waals surface area contributed by atoms with Gasteiger partial charge in [0.1, 0.15) is 5.84 Å². The summed E-state index contributed by atoms with van der Waals surface area (Å²) in [5.74, 6) is -0.164. The second-order valence-electron chi connectivity index (χ2n) is 5.83. The number of carbonyl (C=O) groups excluding carboxylic acids is 1. The number of sulfonamides is 1. The van der Waals surface area contributed by atoms with Crippen LogP contribution in [-0.2, 0) is 10.0 Å². The Kier molecular flexibility index (Phi) is 5.17. The van der Waals surface area contributed by atoms with Gasteiger partial charge in [-0.2, -0.15) is 0 Å². The maximum atomic E-state index is 12.4. The van der Waals surface area contributed by atoms with Crippen LogP contribution in [0.4, 0.5) is 11.4 Å². The molecule has 1 aliphatic heterocycles. The minimum atomic E-state index is -3.81. The third kappa shape index (κ3) is 4.47. The SMILES string of the molecule is O=C(Nc1cccc(S(=O)(=O)NC2=NCCC2)c1)c1cccc([N+](=O)[O-])c1. The molecule has 0 fully saturated rings. The quantitative estimate of drug-likeness (QED) is 0.599. The Bertz CT molecular complexity index is 1030. The van der Waals surface area contributed by atoms with E-state index in [1.807, 2.05) is 0 Å². The molecule has 10 heteroatoms. The lowest BCUT2D eigenvalue weighted by Gasteiger charge is -2.10. The third-order valence-corrected chi connectivity index (χ3v) is 5.23. The van der Waals surface area contributed by atoms with E-state index in [4.69, 9.17) is 0 Å². The number of hydrogen-bond acceptors (Lipinski definition) is 6. The maximum absolute atomic E-state index is 12.4. The maximum Gasteiger partial charge on any atom is 0.270 e. The molecular formula is C17H16N4O5S. The molecule has 0 radical (unpaired) electrons. The summed E-state index contributed by atoms with van der Waals surface area (Å²) < 4.78 is 27.3. The molecule has 1 aliphatic rings. The minimum Gasteiger partial charge on any atom is -0.322 e. The molecule has 27 heavy (non-hydrogen) atoms. The van der Waals surface area contributed by atoms with Gasteiger partial charge in [0.2, 0.25) is 0 Å². The number of non-ortho nitro benzene ring substituents is 1. The summed E-state index contributed by atoms with van der Waals surface area (Å²) in [6.07, 6.45) is 1.37. The van der Waals surface area contributed by atoms with Gasteiger partial charge in [-0.3, -0.25) is 24.6 Å². The molecule has 0 aliphatic carbocycles. The van der Waals surface area contributed by atoms with Crippen molar-refractivity contribution in [3.63, 3.8) is 0 Å². The zero-order valence-electron chi connectivity index (χ0n) is 14.1. The van der Waals surface area contributed by atoms with Crippen LogP contribution in [0.5, 0.6) is 0 Å². The van der Waals surface area contributed by atoms with Crippen LogP contribution in [0.1, 0.15) is 23.2 Å². The number of amidine groups is 1. The van der Waals surface area contributed by atoms with Crippen molar-refractivity contribution in [3.05, 3.63) is 64.2 Å². The first-order valence-corrected chi connectivity index (χ1v) is 9.55. The van der Waals surface area contributed by atoms with Gasteiger partial charge < -0.3 is 5.32 Å². The summed E-state index contributed by atoms with van der Waals surface area (Å²) in [7, 11) is -3.81. The van der Waals surface area contributed by atoms with E-state index in [1.165, 1.54) is 42.5 Å². The first-order chi connectivity index (χ1) is 12.8. The fraction of sp³-hybridized carbons (Fsp3) is 0.176. The van der Waals surface area contributed by atoms with E-state index in [-0.39, 0.29) is 21.8 Å². The van der Waals surface area contributed by atoms with Crippen LogP contribution in [0.25, 0.3) is 0 Å². The number of hydrogen-bond donors (Lipinski definition) is 2. The van der Waals surface area contributed by atoms with Crippen molar-refractivity contribution in [1.82, 2.24) is 4.72 Å². The standard InChI is InChI=1S/C17H16N4O5S/c22-17(12-4-1-6-14(10-12)21(23)24)19-13-5-2-7-15(11-13)27(25,26)20-16-8-3-9-18-16/h1-2,4-7,10-11H,3,8-9H2,(H,18,20)(H,19,22). The summed E-state index contributed by atoms with van der Waals surface area (Å²) in [6.45, 7) is 0.594. The highest BCUT2D eigenvalue weighted by Crippen LogP contribution is 2.19. The van der Waals surface area contributed by atoms with Crippen molar-refractivity contribution in [2.75, 3.05) is 11.9 Å². The van der Waals surface area contributed by atoms with Crippen molar-refractivity contribution in [1.29, 1.82) is 0 Å². The fourth-order valence-electron chi connectivity index (χ4n) is 2.54. The molecule has 0 unspecified atom stereocenters. The number of carbonyl (C=O) groups is 1. The molecule has 0 aromatic heterocycles. The first kappa shape index (κ1) is 18.5. The number of nitro groups is 1. The van der Waals surface area contributed by atoms with E-state index < -0.39 is 20.9 Å². The molecule has 2 aromatic rings. The summed E-state index contributed by atoms with van der Waals surface area (Å²) in [6, 6.07) is 11.0. The van der Waals surface area contributed by atoms with E-state index in [9.17, 15) is 23.3 Å². The number of aliphatic imine (C=N–C) groups is 1. The molecule has 1 amide bonds. The molecule has 0 saturated heterocycles. The molecular weight excluding hydrogens is 372 g/mol. The predicted molar refractivity (Wildman–Crippen MR) is 99.3 cm³/mol. The predicted octanol–water partition coefficient (Wildman–Crippen LogP) is 2.32. The molecule has 9 nitrogen and oxygen atoms in total. The monoisotopic (exact) mass is 388 g/mol. The van der Waals surface area contributed by atoms with E-state index >= 15 is 0 Å². The minimum absolute atomic E-state index is 0.0195. The summed E-state index contributed by atoms with van der Waals surface area (Å²) >= 11 is 0. The van der Waals surface area contributed by atoms with E-state index in [0.717, 1.165) is 12.5 Å². The average molecular weight is 388 g/mol. The Labute approximate surface area is 155 Å². The number of benzene rings is 2. The second kappa shape index (κ2) is 7.54. The van der Waals surface area contributed by atoms with Crippen LogP contribution < -0.4 is 10.0 Å².